The third kappa shape index (κ3) is 6.40. The molecule has 2 rings (SSSR count). The second-order valence-electron chi connectivity index (χ2n) is 6.10. The first-order valence-corrected chi connectivity index (χ1v) is 8.31. The van der Waals surface area contributed by atoms with E-state index < -0.39 is 0 Å². The van der Waals surface area contributed by atoms with E-state index in [9.17, 15) is 4.79 Å². The molecule has 1 saturated heterocycles. The van der Waals surface area contributed by atoms with Crippen LogP contribution in [0.25, 0.3) is 0 Å². The maximum absolute atomic E-state index is 12.2. The molecule has 0 aromatic heterocycles. The minimum absolute atomic E-state index is 0. The molecule has 5 heteroatoms. The fourth-order valence-electron chi connectivity index (χ4n) is 2.96. The van der Waals surface area contributed by atoms with Gasteiger partial charge in [0.25, 0.3) is 0 Å². The second-order valence-corrected chi connectivity index (χ2v) is 6.10. The Morgan fingerprint density at radius 1 is 1.30 bits per heavy atom. The van der Waals surface area contributed by atoms with E-state index in [0.29, 0.717) is 13.0 Å². The number of nitrogens with zero attached hydrogens (tertiary/aromatic N) is 1. The van der Waals surface area contributed by atoms with Crippen molar-refractivity contribution in [2.45, 2.75) is 32.6 Å². The third-order valence-corrected chi connectivity index (χ3v) is 4.35. The first-order valence-electron chi connectivity index (χ1n) is 8.31. The van der Waals surface area contributed by atoms with Gasteiger partial charge in [0, 0.05) is 19.5 Å². The summed E-state index contributed by atoms with van der Waals surface area (Å²) in [7, 11) is 1.99. The van der Waals surface area contributed by atoms with Crippen molar-refractivity contribution in [1.29, 1.82) is 0 Å². The number of nitrogens with one attached hydrogen (secondary N) is 1. The van der Waals surface area contributed by atoms with Crippen LogP contribution >= 0.6 is 12.4 Å². The largest absolute Gasteiger partial charge is 0.493 e. The lowest BCUT2D eigenvalue weighted by molar-refractivity contribution is -0.132. The summed E-state index contributed by atoms with van der Waals surface area (Å²) < 4.78 is 5.74. The van der Waals surface area contributed by atoms with E-state index in [2.05, 4.69) is 5.32 Å². The standard InChI is InChI=1S/C18H28N2O2.ClH/c1-15-6-3-4-7-17(15)22-13-5-8-18(21)20-11-9-16(10-12-20)14-19-2;/h3-4,6-7,16,19H,5,8-14H2,1-2H3;1H. The van der Waals surface area contributed by atoms with Gasteiger partial charge in [-0.2, -0.15) is 0 Å². The smallest absolute Gasteiger partial charge is 0.222 e. The zero-order valence-electron chi connectivity index (χ0n) is 14.2. The van der Waals surface area contributed by atoms with Crippen molar-refractivity contribution < 1.29 is 9.53 Å². The Morgan fingerprint density at radius 2 is 2.00 bits per heavy atom. The number of ether oxygens (including phenoxy) is 1. The lowest BCUT2D eigenvalue weighted by Gasteiger charge is -2.32. The van der Waals surface area contributed by atoms with Crippen LogP contribution in [0, 0.1) is 12.8 Å². The fourth-order valence-corrected chi connectivity index (χ4v) is 2.96. The van der Waals surface area contributed by atoms with Crippen LogP contribution < -0.4 is 10.1 Å². The van der Waals surface area contributed by atoms with E-state index in [1.165, 1.54) is 0 Å². The summed E-state index contributed by atoms with van der Waals surface area (Å²) >= 11 is 0. The summed E-state index contributed by atoms with van der Waals surface area (Å²) in [6.45, 7) is 5.52. The number of piperidine rings is 1. The molecule has 0 bridgehead atoms. The minimum atomic E-state index is 0. The molecule has 0 aliphatic carbocycles. The van der Waals surface area contributed by atoms with Crippen LogP contribution in [0.2, 0.25) is 0 Å². The SMILES string of the molecule is CNCC1CCN(C(=O)CCCOc2ccccc2C)CC1.Cl. The maximum atomic E-state index is 12.2. The van der Waals surface area contributed by atoms with Crippen molar-refractivity contribution in [3.05, 3.63) is 29.8 Å². The highest BCUT2D eigenvalue weighted by Gasteiger charge is 2.21. The number of aryl methyl sites for hydroxylation is 1. The van der Waals surface area contributed by atoms with Gasteiger partial charge in [-0.25, -0.2) is 0 Å². The Morgan fingerprint density at radius 3 is 2.65 bits per heavy atom. The van der Waals surface area contributed by atoms with Gasteiger partial charge < -0.3 is 15.0 Å². The number of benzene rings is 1. The monoisotopic (exact) mass is 340 g/mol. The number of hydrogen-bond acceptors (Lipinski definition) is 3. The number of amides is 1. The first-order chi connectivity index (χ1) is 10.7. The van der Waals surface area contributed by atoms with Gasteiger partial charge in [0.05, 0.1) is 6.61 Å². The van der Waals surface area contributed by atoms with Gasteiger partial charge in [0.1, 0.15) is 5.75 Å². The predicted octanol–water partition coefficient (Wildman–Crippen LogP) is 3.03. The molecule has 0 atom stereocenters. The van der Waals surface area contributed by atoms with Gasteiger partial charge in [-0.15, -0.1) is 12.4 Å². The number of likely N-dealkylation sites (tertiary alicyclic amines) is 1. The van der Waals surface area contributed by atoms with E-state index >= 15 is 0 Å². The number of carbonyl (C=O) groups excluding carboxylic acids is 1. The number of halogens is 1. The summed E-state index contributed by atoms with van der Waals surface area (Å²) in [6.07, 6.45) is 3.60. The van der Waals surface area contributed by atoms with Crippen LogP contribution in [-0.2, 0) is 4.79 Å². The van der Waals surface area contributed by atoms with Crippen molar-refractivity contribution in [2.75, 3.05) is 33.3 Å². The highest BCUT2D eigenvalue weighted by molar-refractivity contribution is 5.85. The zero-order chi connectivity index (χ0) is 15.8. The van der Waals surface area contributed by atoms with Gasteiger partial charge in [-0.1, -0.05) is 18.2 Å². The number of para-hydroxylation sites is 1. The van der Waals surface area contributed by atoms with E-state index in [0.717, 1.165) is 56.1 Å². The van der Waals surface area contributed by atoms with Crippen LogP contribution in [-0.4, -0.2) is 44.1 Å². The number of rotatable bonds is 7. The van der Waals surface area contributed by atoms with E-state index in [1.54, 1.807) is 0 Å². The van der Waals surface area contributed by atoms with Gasteiger partial charge in [0.15, 0.2) is 0 Å². The number of carbonyl (C=O) groups is 1. The van der Waals surface area contributed by atoms with Crippen molar-refractivity contribution in [3.63, 3.8) is 0 Å². The predicted molar refractivity (Wildman–Crippen MR) is 96.4 cm³/mol. The van der Waals surface area contributed by atoms with Gasteiger partial charge >= 0.3 is 0 Å². The van der Waals surface area contributed by atoms with Crippen molar-refractivity contribution in [1.82, 2.24) is 10.2 Å². The molecule has 1 aromatic carbocycles. The summed E-state index contributed by atoms with van der Waals surface area (Å²) in [4.78, 5) is 14.2. The van der Waals surface area contributed by atoms with Crippen LogP contribution in [0.5, 0.6) is 5.75 Å². The Balaban J connectivity index is 0.00000264. The van der Waals surface area contributed by atoms with Crippen molar-refractivity contribution in [2.24, 2.45) is 5.92 Å². The number of hydrogen-bond donors (Lipinski definition) is 1. The van der Waals surface area contributed by atoms with Crippen LogP contribution in [0.3, 0.4) is 0 Å². The van der Waals surface area contributed by atoms with E-state index in [4.69, 9.17) is 4.74 Å². The van der Waals surface area contributed by atoms with Crippen LogP contribution in [0.4, 0.5) is 0 Å². The first kappa shape index (κ1) is 19.8. The molecule has 23 heavy (non-hydrogen) atoms. The third-order valence-electron chi connectivity index (χ3n) is 4.35. The summed E-state index contributed by atoms with van der Waals surface area (Å²) in [5.74, 6) is 1.91. The fraction of sp³-hybridized carbons (Fsp3) is 0.611. The molecule has 0 unspecified atom stereocenters. The molecule has 130 valence electrons. The highest BCUT2D eigenvalue weighted by Crippen LogP contribution is 2.18. The topological polar surface area (TPSA) is 41.6 Å². The Labute approximate surface area is 146 Å². The van der Waals surface area contributed by atoms with Gasteiger partial charge in [0.2, 0.25) is 5.91 Å². The van der Waals surface area contributed by atoms with Crippen molar-refractivity contribution in [3.8, 4) is 5.75 Å². The average Bonchev–Trinajstić information content (AvgIpc) is 2.54. The molecule has 1 heterocycles. The van der Waals surface area contributed by atoms with E-state index in [-0.39, 0.29) is 18.3 Å². The van der Waals surface area contributed by atoms with Gasteiger partial charge in [-0.3, -0.25) is 4.79 Å². The summed E-state index contributed by atoms with van der Waals surface area (Å²) in [6, 6.07) is 7.99. The minimum Gasteiger partial charge on any atom is -0.493 e. The van der Waals surface area contributed by atoms with Crippen LogP contribution in [0.1, 0.15) is 31.2 Å². The normalized spacial score (nSPS) is 15.1. The Kier molecular flexibility index (Phi) is 9.03. The zero-order valence-corrected chi connectivity index (χ0v) is 15.0. The molecule has 1 aliphatic heterocycles. The lowest BCUT2D eigenvalue weighted by atomic mass is 9.96. The maximum Gasteiger partial charge on any atom is 0.222 e. The molecule has 1 aromatic rings. The lowest BCUT2D eigenvalue weighted by Crippen LogP contribution is -2.40. The average molecular weight is 341 g/mol. The van der Waals surface area contributed by atoms with Crippen LogP contribution in [0.15, 0.2) is 24.3 Å². The van der Waals surface area contributed by atoms with E-state index in [1.807, 2.05) is 43.1 Å². The molecular formula is C18H29ClN2O2. The van der Waals surface area contributed by atoms with Crippen molar-refractivity contribution >= 4 is 18.3 Å². The van der Waals surface area contributed by atoms with Gasteiger partial charge in [-0.05, 0) is 57.3 Å². The molecule has 0 radical (unpaired) electrons. The molecule has 1 aliphatic rings. The molecule has 1 amide bonds. The Hall–Kier alpha value is -1.26. The highest BCUT2D eigenvalue weighted by atomic mass is 35.5. The molecule has 1 fully saturated rings. The molecule has 0 saturated carbocycles. The molecule has 4 nitrogen and oxygen atoms in total. The quantitative estimate of drug-likeness (QED) is 0.776. The second kappa shape index (κ2) is 10.5. The summed E-state index contributed by atoms with van der Waals surface area (Å²) in [5, 5.41) is 3.22. The Bertz CT molecular complexity index is 474. The summed E-state index contributed by atoms with van der Waals surface area (Å²) in [5.41, 5.74) is 1.14. The molecule has 1 N–H and O–H groups in total. The molecule has 0 spiro atoms. The molecular weight excluding hydrogens is 312 g/mol.